The van der Waals surface area contributed by atoms with E-state index in [1.54, 1.807) is 0 Å². The molecule has 1 N–H and O–H groups in total. The Balaban J connectivity index is 2.56. The summed E-state index contributed by atoms with van der Waals surface area (Å²) in [6.45, 7) is 13.0. The molecule has 1 heterocycles. The van der Waals surface area contributed by atoms with E-state index in [1.807, 2.05) is 10.9 Å². The van der Waals surface area contributed by atoms with Crippen LogP contribution in [0.5, 0.6) is 0 Å². The summed E-state index contributed by atoms with van der Waals surface area (Å²) in [6, 6.07) is 0.531. The Hall–Kier alpha value is -0.870. The lowest BCUT2D eigenvalue weighted by atomic mass is 10.0. The van der Waals surface area contributed by atoms with Gasteiger partial charge >= 0.3 is 0 Å². The average molecular weight is 280 g/mol. The van der Waals surface area contributed by atoms with Gasteiger partial charge in [0.2, 0.25) is 0 Å². The molecule has 4 heteroatoms. The van der Waals surface area contributed by atoms with Crippen molar-refractivity contribution in [3.63, 3.8) is 0 Å². The van der Waals surface area contributed by atoms with Gasteiger partial charge < -0.3 is 10.2 Å². The van der Waals surface area contributed by atoms with E-state index in [1.165, 1.54) is 12.0 Å². The van der Waals surface area contributed by atoms with Gasteiger partial charge in [-0.3, -0.25) is 4.68 Å². The van der Waals surface area contributed by atoms with E-state index in [2.05, 4.69) is 70.2 Å². The van der Waals surface area contributed by atoms with Crippen LogP contribution in [0.2, 0.25) is 0 Å². The van der Waals surface area contributed by atoms with Gasteiger partial charge in [-0.1, -0.05) is 13.8 Å². The third-order valence-corrected chi connectivity index (χ3v) is 3.26. The Labute approximate surface area is 124 Å². The molecular weight excluding hydrogens is 248 g/mol. The minimum atomic E-state index is 0.0548. The van der Waals surface area contributed by atoms with E-state index in [0.29, 0.717) is 12.0 Å². The molecule has 1 aromatic rings. The topological polar surface area (TPSA) is 33.1 Å². The maximum atomic E-state index is 4.45. The molecule has 1 unspecified atom stereocenters. The summed E-state index contributed by atoms with van der Waals surface area (Å²) in [4.78, 5) is 2.25. The summed E-state index contributed by atoms with van der Waals surface area (Å²) < 4.78 is 2.04. The smallest absolute Gasteiger partial charge is 0.0543 e. The number of rotatable bonds is 7. The zero-order valence-electron chi connectivity index (χ0n) is 14.3. The molecule has 1 rings (SSSR count). The fourth-order valence-corrected chi connectivity index (χ4v) is 2.31. The molecule has 4 nitrogen and oxygen atoms in total. The van der Waals surface area contributed by atoms with Crippen molar-refractivity contribution >= 4 is 0 Å². The summed E-state index contributed by atoms with van der Waals surface area (Å²) in [6.07, 6.45) is 5.32. The van der Waals surface area contributed by atoms with Crippen molar-refractivity contribution in [3.8, 4) is 0 Å². The largest absolute Gasteiger partial charge is 0.309 e. The van der Waals surface area contributed by atoms with Crippen molar-refractivity contribution in [2.75, 3.05) is 20.6 Å². The summed E-state index contributed by atoms with van der Waals surface area (Å²) in [5.41, 5.74) is 1.31. The van der Waals surface area contributed by atoms with Gasteiger partial charge in [0, 0.05) is 30.9 Å². The molecule has 0 aliphatic carbocycles. The second-order valence-corrected chi connectivity index (χ2v) is 7.43. The summed E-state index contributed by atoms with van der Waals surface area (Å²) in [5, 5.41) is 8.12. The monoisotopic (exact) mass is 280 g/mol. The van der Waals surface area contributed by atoms with Gasteiger partial charge in [0.1, 0.15) is 0 Å². The van der Waals surface area contributed by atoms with E-state index in [4.69, 9.17) is 0 Å². The molecule has 20 heavy (non-hydrogen) atoms. The quantitative estimate of drug-likeness (QED) is 0.833. The van der Waals surface area contributed by atoms with Crippen LogP contribution in [0.4, 0.5) is 0 Å². The molecule has 0 radical (unpaired) electrons. The van der Waals surface area contributed by atoms with E-state index >= 15 is 0 Å². The first-order valence-corrected chi connectivity index (χ1v) is 7.60. The maximum absolute atomic E-state index is 4.45. The highest BCUT2D eigenvalue weighted by atomic mass is 15.3. The molecule has 0 aliphatic rings. The molecule has 0 aromatic carbocycles. The van der Waals surface area contributed by atoms with E-state index < -0.39 is 0 Å². The molecule has 0 spiro atoms. The van der Waals surface area contributed by atoms with E-state index in [0.717, 1.165) is 13.1 Å². The zero-order valence-corrected chi connectivity index (χ0v) is 14.3. The van der Waals surface area contributed by atoms with Crippen LogP contribution in [-0.2, 0) is 12.1 Å². The van der Waals surface area contributed by atoms with Crippen molar-refractivity contribution in [2.24, 2.45) is 5.92 Å². The first-order valence-electron chi connectivity index (χ1n) is 7.60. The fourth-order valence-electron chi connectivity index (χ4n) is 2.31. The molecular formula is C16H32N4. The predicted octanol–water partition coefficient (Wildman–Crippen LogP) is 2.70. The second-order valence-electron chi connectivity index (χ2n) is 7.43. The highest BCUT2D eigenvalue weighted by Gasteiger charge is 2.15. The molecule has 0 saturated carbocycles. The van der Waals surface area contributed by atoms with Crippen molar-refractivity contribution in [3.05, 3.63) is 18.0 Å². The Morgan fingerprint density at radius 1 is 1.30 bits per heavy atom. The van der Waals surface area contributed by atoms with Crippen LogP contribution in [0.15, 0.2) is 12.4 Å². The molecule has 0 aliphatic heterocycles. The third-order valence-electron chi connectivity index (χ3n) is 3.26. The van der Waals surface area contributed by atoms with Crippen LogP contribution in [0.1, 0.15) is 46.6 Å². The van der Waals surface area contributed by atoms with Gasteiger partial charge in [0.25, 0.3) is 0 Å². The number of nitrogens with one attached hydrogen (secondary N) is 1. The maximum Gasteiger partial charge on any atom is 0.0543 e. The van der Waals surface area contributed by atoms with E-state index in [9.17, 15) is 0 Å². The van der Waals surface area contributed by atoms with Crippen LogP contribution < -0.4 is 5.32 Å². The van der Waals surface area contributed by atoms with Crippen LogP contribution in [0, 0.1) is 5.92 Å². The second kappa shape index (κ2) is 7.23. The lowest BCUT2D eigenvalue weighted by Crippen LogP contribution is -2.38. The molecule has 116 valence electrons. The normalized spacial score (nSPS) is 14.2. The Bertz CT molecular complexity index is 377. The first kappa shape index (κ1) is 17.2. The van der Waals surface area contributed by atoms with Crippen LogP contribution in [0.3, 0.4) is 0 Å². The lowest BCUT2D eigenvalue weighted by Gasteiger charge is -2.24. The summed E-state index contributed by atoms with van der Waals surface area (Å²) in [5.74, 6) is 0.713. The molecule has 0 fully saturated rings. The number of aromatic nitrogens is 2. The van der Waals surface area contributed by atoms with Gasteiger partial charge in [0.15, 0.2) is 0 Å². The Morgan fingerprint density at radius 2 is 1.95 bits per heavy atom. The molecule has 0 bridgehead atoms. The molecule has 1 aromatic heterocycles. The molecule has 1 atom stereocenters. The zero-order chi connectivity index (χ0) is 15.3. The standard InChI is InChI=1S/C16H32N4/c1-13(2)8-15(12-19(6)7)17-9-14-10-18-20(11-14)16(3,4)5/h10-11,13,15,17H,8-9,12H2,1-7H3. The van der Waals surface area contributed by atoms with Crippen molar-refractivity contribution < 1.29 is 0 Å². The summed E-state index contributed by atoms with van der Waals surface area (Å²) >= 11 is 0. The number of hydrogen-bond acceptors (Lipinski definition) is 3. The SMILES string of the molecule is CC(C)CC(CN(C)C)NCc1cnn(C(C)(C)C)c1. The van der Waals surface area contributed by atoms with Gasteiger partial charge in [0.05, 0.1) is 11.7 Å². The summed E-state index contributed by atoms with van der Waals surface area (Å²) in [7, 11) is 4.26. The van der Waals surface area contributed by atoms with Gasteiger partial charge in [-0.05, 0) is 47.2 Å². The van der Waals surface area contributed by atoms with Gasteiger partial charge in [-0.15, -0.1) is 0 Å². The fraction of sp³-hybridized carbons (Fsp3) is 0.812. The highest BCUT2D eigenvalue weighted by molar-refractivity contribution is 5.05. The highest BCUT2D eigenvalue weighted by Crippen LogP contribution is 2.13. The third kappa shape index (κ3) is 6.06. The predicted molar refractivity (Wildman–Crippen MR) is 85.9 cm³/mol. The van der Waals surface area contributed by atoms with Gasteiger partial charge in [-0.25, -0.2) is 0 Å². The Kier molecular flexibility index (Phi) is 6.21. The first-order chi connectivity index (χ1) is 9.18. The minimum absolute atomic E-state index is 0.0548. The van der Waals surface area contributed by atoms with E-state index in [-0.39, 0.29) is 5.54 Å². The average Bonchev–Trinajstić information content (AvgIpc) is 2.72. The number of likely N-dealkylation sites (N-methyl/N-ethyl adjacent to an activating group) is 1. The Morgan fingerprint density at radius 3 is 2.40 bits per heavy atom. The lowest BCUT2D eigenvalue weighted by molar-refractivity contribution is 0.305. The van der Waals surface area contributed by atoms with Gasteiger partial charge in [-0.2, -0.15) is 5.10 Å². The number of hydrogen-bond donors (Lipinski definition) is 1. The molecule has 0 amide bonds. The van der Waals surface area contributed by atoms with Crippen LogP contribution in [0.25, 0.3) is 0 Å². The van der Waals surface area contributed by atoms with Crippen LogP contribution >= 0.6 is 0 Å². The minimum Gasteiger partial charge on any atom is -0.309 e. The van der Waals surface area contributed by atoms with Crippen molar-refractivity contribution in [2.45, 2.75) is 59.2 Å². The van der Waals surface area contributed by atoms with Crippen molar-refractivity contribution in [1.82, 2.24) is 20.0 Å². The number of nitrogens with zero attached hydrogens (tertiary/aromatic N) is 3. The van der Waals surface area contributed by atoms with Crippen molar-refractivity contribution in [1.29, 1.82) is 0 Å². The van der Waals surface area contributed by atoms with Crippen LogP contribution in [-0.4, -0.2) is 41.4 Å². The molecule has 0 saturated heterocycles.